The molecule has 1 aromatic carbocycles. The van der Waals surface area contributed by atoms with Gasteiger partial charge < -0.3 is 8.98 Å². The molecule has 124 valence electrons. The Morgan fingerprint density at radius 2 is 1.96 bits per heavy atom. The summed E-state index contributed by atoms with van der Waals surface area (Å²) in [5.41, 5.74) is 3.22. The summed E-state index contributed by atoms with van der Waals surface area (Å²) < 4.78 is 10.0. The van der Waals surface area contributed by atoms with Crippen molar-refractivity contribution in [3.05, 3.63) is 41.6 Å². The summed E-state index contributed by atoms with van der Waals surface area (Å²) in [4.78, 5) is 4.49. The summed E-state index contributed by atoms with van der Waals surface area (Å²) in [6, 6.07) is 8.26. The maximum absolute atomic E-state index is 5.86. The van der Waals surface area contributed by atoms with E-state index in [1.165, 1.54) is 0 Å². The van der Waals surface area contributed by atoms with Crippen molar-refractivity contribution in [2.75, 3.05) is 0 Å². The molecule has 3 heterocycles. The average Bonchev–Trinajstić information content (AvgIpc) is 3.23. The number of oxazole rings is 1. The van der Waals surface area contributed by atoms with Crippen LogP contribution in [0.5, 0.6) is 0 Å². The fourth-order valence-corrected chi connectivity index (χ4v) is 3.84. The lowest BCUT2D eigenvalue weighted by atomic mass is 10.3. The number of rotatable bonds is 5. The van der Waals surface area contributed by atoms with Gasteiger partial charge in [-0.1, -0.05) is 30.8 Å². The van der Waals surface area contributed by atoms with E-state index in [4.69, 9.17) is 4.42 Å². The van der Waals surface area contributed by atoms with Gasteiger partial charge in [0.2, 0.25) is 5.78 Å². The fourth-order valence-electron chi connectivity index (χ4n) is 2.90. The molecule has 0 radical (unpaired) electrons. The van der Waals surface area contributed by atoms with Crippen LogP contribution in [-0.4, -0.2) is 24.1 Å². The highest BCUT2D eigenvalue weighted by Crippen LogP contribution is 2.28. The third-order valence-electron chi connectivity index (χ3n) is 4.13. The third-order valence-corrected chi connectivity index (χ3v) is 5.06. The molecule has 0 amide bonds. The summed E-state index contributed by atoms with van der Waals surface area (Å²) in [6.45, 7) is 4.12. The van der Waals surface area contributed by atoms with Crippen molar-refractivity contribution in [1.82, 2.24) is 24.1 Å². The third kappa shape index (κ3) is 2.39. The highest BCUT2D eigenvalue weighted by atomic mass is 32.2. The molecule has 3 aromatic heterocycles. The van der Waals surface area contributed by atoms with Crippen LogP contribution in [0.1, 0.15) is 30.7 Å². The number of hydrogen-bond acceptors (Lipinski definition) is 5. The largest absolute Gasteiger partial charge is 0.445 e. The van der Waals surface area contributed by atoms with Gasteiger partial charge in [0.05, 0.1) is 22.5 Å². The number of aromatic nitrogens is 5. The smallest absolute Gasteiger partial charge is 0.236 e. The molecule has 0 bridgehead atoms. The minimum atomic E-state index is 0.701. The fraction of sp³-hybridized carbons (Fsp3) is 0.353. The van der Waals surface area contributed by atoms with Crippen LogP contribution in [0.4, 0.5) is 0 Å². The van der Waals surface area contributed by atoms with Crippen LogP contribution in [0.2, 0.25) is 0 Å². The van der Waals surface area contributed by atoms with Gasteiger partial charge in [-0.15, -0.1) is 10.2 Å². The normalized spacial score (nSPS) is 11.8. The number of hydrogen-bond donors (Lipinski definition) is 0. The Morgan fingerprint density at radius 1 is 1.17 bits per heavy atom. The molecule has 4 rings (SSSR count). The molecule has 0 aliphatic carbocycles. The van der Waals surface area contributed by atoms with Crippen LogP contribution in [0.3, 0.4) is 0 Å². The van der Waals surface area contributed by atoms with Gasteiger partial charge in [0.15, 0.2) is 11.0 Å². The van der Waals surface area contributed by atoms with E-state index in [1.54, 1.807) is 11.8 Å². The Balaban J connectivity index is 1.67. The van der Waals surface area contributed by atoms with Gasteiger partial charge in [-0.2, -0.15) is 0 Å². The van der Waals surface area contributed by atoms with E-state index in [-0.39, 0.29) is 0 Å². The highest BCUT2D eigenvalue weighted by Gasteiger charge is 2.16. The monoisotopic (exact) mass is 341 g/mol. The molecule has 0 spiro atoms. The second-order valence-electron chi connectivity index (χ2n) is 5.82. The lowest BCUT2D eigenvalue weighted by Crippen LogP contribution is -1.88. The minimum Gasteiger partial charge on any atom is -0.445 e. The number of benzene rings is 1. The molecule has 7 heteroatoms. The van der Waals surface area contributed by atoms with Gasteiger partial charge in [0.25, 0.3) is 0 Å². The van der Waals surface area contributed by atoms with Crippen molar-refractivity contribution >= 4 is 28.6 Å². The summed E-state index contributed by atoms with van der Waals surface area (Å²) in [6.07, 6.45) is 1.91. The van der Waals surface area contributed by atoms with Crippen LogP contribution in [0, 0.1) is 6.92 Å². The van der Waals surface area contributed by atoms with Crippen molar-refractivity contribution in [1.29, 1.82) is 0 Å². The molecule has 24 heavy (non-hydrogen) atoms. The standard InChI is InChI=1S/C17H19N5OS/c1-4-7-15-18-11(2)14(23-15)10-24-17-20-19-16-21(3)12-8-5-6-9-13(12)22(16)17/h5-6,8-9H,4,7,10H2,1-3H3. The Labute approximate surface area is 143 Å². The molecule has 0 atom stereocenters. The molecule has 0 aliphatic rings. The summed E-state index contributed by atoms with van der Waals surface area (Å²) in [7, 11) is 2.01. The zero-order valence-electron chi connectivity index (χ0n) is 14.0. The van der Waals surface area contributed by atoms with E-state index in [0.717, 1.165) is 52.2 Å². The van der Waals surface area contributed by atoms with Crippen LogP contribution >= 0.6 is 11.8 Å². The topological polar surface area (TPSA) is 61.2 Å². The van der Waals surface area contributed by atoms with Crippen molar-refractivity contribution in [3.8, 4) is 0 Å². The lowest BCUT2D eigenvalue weighted by molar-refractivity contribution is 0.465. The average molecular weight is 341 g/mol. The van der Waals surface area contributed by atoms with Crippen LogP contribution < -0.4 is 0 Å². The number of para-hydroxylation sites is 2. The second-order valence-corrected chi connectivity index (χ2v) is 6.76. The Bertz CT molecular complexity index is 1010. The number of thioether (sulfide) groups is 1. The number of aryl methyl sites for hydroxylation is 3. The summed E-state index contributed by atoms with van der Waals surface area (Å²) in [5.74, 6) is 3.29. The molecule has 0 aliphatic heterocycles. The van der Waals surface area contributed by atoms with E-state index >= 15 is 0 Å². The lowest BCUT2D eigenvalue weighted by Gasteiger charge is -1.98. The zero-order chi connectivity index (χ0) is 16.7. The highest BCUT2D eigenvalue weighted by molar-refractivity contribution is 7.98. The maximum Gasteiger partial charge on any atom is 0.236 e. The zero-order valence-corrected chi connectivity index (χ0v) is 14.8. The maximum atomic E-state index is 5.86. The molecule has 0 N–H and O–H groups in total. The molecular weight excluding hydrogens is 322 g/mol. The van der Waals surface area contributed by atoms with E-state index in [2.05, 4.69) is 43.2 Å². The second kappa shape index (κ2) is 5.98. The van der Waals surface area contributed by atoms with Crippen LogP contribution in [0.15, 0.2) is 33.8 Å². The summed E-state index contributed by atoms with van der Waals surface area (Å²) >= 11 is 1.63. The Hall–Kier alpha value is -2.28. The number of nitrogens with zero attached hydrogens (tertiary/aromatic N) is 5. The quantitative estimate of drug-likeness (QED) is 0.517. The molecule has 0 fully saturated rings. The van der Waals surface area contributed by atoms with Gasteiger partial charge in [-0.05, 0) is 25.5 Å². The number of fused-ring (bicyclic) bond motifs is 3. The molecule has 6 nitrogen and oxygen atoms in total. The van der Waals surface area contributed by atoms with Crippen LogP contribution in [-0.2, 0) is 19.2 Å². The van der Waals surface area contributed by atoms with Gasteiger partial charge >= 0.3 is 0 Å². The van der Waals surface area contributed by atoms with Crippen molar-refractivity contribution in [3.63, 3.8) is 0 Å². The molecule has 0 unspecified atom stereocenters. The van der Waals surface area contributed by atoms with Crippen molar-refractivity contribution in [2.45, 2.75) is 37.6 Å². The van der Waals surface area contributed by atoms with Gasteiger partial charge in [-0.25, -0.2) is 4.98 Å². The predicted molar refractivity (Wildman–Crippen MR) is 94.3 cm³/mol. The molecular formula is C17H19N5OS. The van der Waals surface area contributed by atoms with E-state index in [1.807, 2.05) is 26.1 Å². The van der Waals surface area contributed by atoms with Gasteiger partial charge in [0.1, 0.15) is 5.76 Å². The van der Waals surface area contributed by atoms with Crippen molar-refractivity contribution < 1.29 is 4.42 Å². The van der Waals surface area contributed by atoms with E-state index in [0.29, 0.717) is 5.75 Å². The SMILES string of the molecule is CCCc1nc(C)c(CSc2nnc3n(C)c4ccccc4n23)o1. The van der Waals surface area contributed by atoms with Gasteiger partial charge in [-0.3, -0.25) is 4.40 Å². The first-order valence-corrected chi connectivity index (χ1v) is 9.04. The summed E-state index contributed by atoms with van der Waals surface area (Å²) in [5, 5.41) is 9.55. The first kappa shape index (κ1) is 15.3. The van der Waals surface area contributed by atoms with Crippen molar-refractivity contribution in [2.24, 2.45) is 7.05 Å². The Kier molecular flexibility index (Phi) is 3.80. The van der Waals surface area contributed by atoms with E-state index in [9.17, 15) is 0 Å². The number of imidazole rings is 1. The predicted octanol–water partition coefficient (Wildman–Crippen LogP) is 3.76. The van der Waals surface area contributed by atoms with Gasteiger partial charge in [0, 0.05) is 13.5 Å². The minimum absolute atomic E-state index is 0.701. The Morgan fingerprint density at radius 3 is 2.75 bits per heavy atom. The molecule has 0 saturated heterocycles. The first-order valence-electron chi connectivity index (χ1n) is 8.05. The van der Waals surface area contributed by atoms with E-state index < -0.39 is 0 Å². The first-order chi connectivity index (χ1) is 11.7. The molecule has 0 saturated carbocycles. The molecule has 4 aromatic rings. The van der Waals surface area contributed by atoms with Crippen LogP contribution in [0.25, 0.3) is 16.8 Å².